The Morgan fingerprint density at radius 2 is 1.31 bits per heavy atom. The number of guanidine groups is 1. The summed E-state index contributed by atoms with van der Waals surface area (Å²) >= 11 is 1.97. The molecule has 0 saturated carbocycles. The molecule has 0 spiro atoms. The molecule has 2 aromatic carbocycles. The highest BCUT2D eigenvalue weighted by atomic mass is 127. The zero-order chi connectivity index (χ0) is 73.6. The molecule has 32 nitrogen and oxygen atoms in total. The van der Waals surface area contributed by atoms with Gasteiger partial charge in [0.1, 0.15) is 48.4 Å². The molecule has 0 aliphatic carbocycles. The monoisotopic (exact) mass is 1490 g/mol. The zero-order valence-corrected chi connectivity index (χ0v) is 59.3. The number of nitrogens with one attached hydrogen (secondary N) is 11. The van der Waals surface area contributed by atoms with Crippen LogP contribution in [0, 0.1) is 32.7 Å². The van der Waals surface area contributed by atoms with Gasteiger partial charge in [-0.1, -0.05) is 59.7 Å². The van der Waals surface area contributed by atoms with Crippen LogP contribution in [0.2, 0.25) is 0 Å². The molecule has 99 heavy (non-hydrogen) atoms. The fraction of sp³-hybridized carbons (Fsp3) is 0.530. The molecule has 12 amide bonds. The average Bonchev–Trinajstić information content (AvgIpc) is 1.71. The predicted octanol–water partition coefficient (Wildman–Crippen LogP) is -0.919. The van der Waals surface area contributed by atoms with Gasteiger partial charge in [0, 0.05) is 83.9 Å². The maximum absolute atomic E-state index is 14.4. The summed E-state index contributed by atoms with van der Waals surface area (Å²) < 4.78 is 2.27. The van der Waals surface area contributed by atoms with Gasteiger partial charge in [0.25, 0.3) is 5.91 Å². The smallest absolute Gasteiger partial charge is 0.251 e. The van der Waals surface area contributed by atoms with Crippen molar-refractivity contribution in [1.82, 2.24) is 67.7 Å². The third kappa shape index (κ3) is 28.3. The number of nitriles is 1. The van der Waals surface area contributed by atoms with E-state index in [9.17, 15) is 67.9 Å². The summed E-state index contributed by atoms with van der Waals surface area (Å²) in [7, 11) is 1.68. The van der Waals surface area contributed by atoms with E-state index in [1.807, 2.05) is 56.4 Å². The van der Waals surface area contributed by atoms with E-state index in [0.717, 1.165) is 0 Å². The van der Waals surface area contributed by atoms with E-state index >= 15 is 0 Å². The third-order valence-corrected chi connectivity index (χ3v) is 16.8. The molecule has 0 aliphatic heterocycles. The number of hydrogen-bond donors (Lipinski definition) is 16. The number of carbonyl (C=O) groups excluding carboxylic acids is 12. The summed E-state index contributed by atoms with van der Waals surface area (Å²) in [6, 6.07) is 3.98. The minimum absolute atomic E-state index is 0.0183. The van der Waals surface area contributed by atoms with Gasteiger partial charge in [-0.15, -0.1) is 0 Å². The molecule has 0 radical (unpaired) electrons. The second kappa shape index (κ2) is 40.9. The van der Waals surface area contributed by atoms with Crippen LogP contribution in [0.15, 0.2) is 66.2 Å². The highest BCUT2D eigenvalue weighted by Crippen LogP contribution is 2.21. The molecule has 2 heterocycles. The van der Waals surface area contributed by atoms with Crippen molar-refractivity contribution in [1.29, 1.82) is 5.26 Å². The highest BCUT2D eigenvalue weighted by molar-refractivity contribution is 14.1. The maximum Gasteiger partial charge on any atom is 0.251 e. The average molecular weight is 1490 g/mol. The first kappa shape index (κ1) is 81.7. The van der Waals surface area contributed by atoms with Crippen molar-refractivity contribution in [2.45, 2.75) is 180 Å². The quantitative estimate of drug-likeness (QED) is 0.0110. The number of aromatic amines is 1. The van der Waals surface area contributed by atoms with Gasteiger partial charge in [-0.2, -0.15) is 5.26 Å². The van der Waals surface area contributed by atoms with E-state index in [2.05, 4.69) is 68.1 Å². The van der Waals surface area contributed by atoms with E-state index < -0.39 is 144 Å². The summed E-state index contributed by atoms with van der Waals surface area (Å²) in [6.45, 7) is 11.6. The number of aliphatic hydroxyl groups excluding tert-OH is 1. The van der Waals surface area contributed by atoms with Crippen LogP contribution in [0.5, 0.6) is 0 Å². The molecule has 0 aliphatic rings. The topological polar surface area (TPSA) is 519 Å². The molecule has 33 heteroatoms. The van der Waals surface area contributed by atoms with Crippen molar-refractivity contribution in [3.8, 4) is 6.07 Å². The first-order valence-electron chi connectivity index (χ1n) is 32.7. The number of amides is 12. The Hall–Kier alpha value is -9.72. The molecule has 0 unspecified atom stereocenters. The molecular formula is C66H96IN19O13. The lowest BCUT2D eigenvalue weighted by Crippen LogP contribution is -2.59. The second-order valence-corrected chi connectivity index (χ2v) is 26.6. The number of H-pyrrole nitrogens is 1. The van der Waals surface area contributed by atoms with Gasteiger partial charge in [0.15, 0.2) is 5.96 Å². The minimum atomic E-state index is -1.43. The standard InChI is InChI=1S/C66H96IN19O13/c1-35(2)24-48(52(87)29-55(90)80-49(58(70)92)25-36(3)4)83-64(98)51(28-42-32-73-34-86(42)8)81-56(91)33-77-65(99)57(37(5)6)85-59(93)38(7)78-63(97)50(27-41-31-76-45-15-10-9-14-43(41)45)84-62(96)47(20-21-53(69)88)79-54(89)17-11-12-22-74-61(95)46(16-13-23-75-66(71)72)82-60(94)39-18-19-44(67)40(26-39)30-68/h9-10,14-15,18-19,26,31-32,34-38,46-52,57,76,87H,11-13,16-17,20-25,27-29,33H2,1-8H3,(H2,69,88)(H2,70,92)(H,74,95)(H,77,99)(H,78,97)(H,79,89)(H,80,90)(H,81,91)(H,82,94)(H,83,98)(H,84,96)(H,85,93)(H4,71,72,75)/t38-,46-,47-,48-,49-,50-,51-,52-,57-/m0/s1. The van der Waals surface area contributed by atoms with E-state index in [0.29, 0.717) is 32.2 Å². The number of aliphatic imine (C=N–C) groups is 1. The van der Waals surface area contributed by atoms with Gasteiger partial charge in [-0.3, -0.25) is 62.5 Å². The lowest BCUT2D eigenvalue weighted by molar-refractivity contribution is -0.135. The van der Waals surface area contributed by atoms with Crippen LogP contribution >= 0.6 is 22.6 Å². The van der Waals surface area contributed by atoms with Crippen LogP contribution in [0.4, 0.5) is 0 Å². The molecule has 4 rings (SSSR count). The molecule has 0 fully saturated rings. The Balaban J connectivity index is 1.42. The predicted molar refractivity (Wildman–Crippen MR) is 375 cm³/mol. The SMILES string of the molecule is CC(C)C[C@H](NC(=O)C[C@H](O)[C@H](CC(C)C)NC(=O)[C@H](Cc1cncn1C)NC(=O)CNC(=O)[C@@H](NC(=O)[C@H](C)NC(=O)[C@H](Cc1c[nH]c2ccccc12)NC(=O)[C@H](CCC(N)=O)NC(=O)CCCCNC(=O)[C@H](CCCN=C(N)N)NC(=O)c1ccc(I)c(C#N)c1)C(C)C)C(N)=O. The number of primary amides is 2. The van der Waals surface area contributed by atoms with E-state index in [4.69, 9.17) is 22.9 Å². The van der Waals surface area contributed by atoms with E-state index in [1.165, 1.54) is 31.6 Å². The minimum Gasteiger partial charge on any atom is -0.390 e. The lowest BCUT2D eigenvalue weighted by Gasteiger charge is -2.28. The number of benzene rings is 2. The number of hydrogen-bond acceptors (Lipinski definition) is 16. The summed E-state index contributed by atoms with van der Waals surface area (Å²) in [5, 5.41) is 48.0. The number of aliphatic hydroxyl groups is 1. The van der Waals surface area contributed by atoms with Gasteiger partial charge >= 0.3 is 0 Å². The van der Waals surface area contributed by atoms with Crippen LogP contribution < -0.4 is 76.1 Å². The second-order valence-electron chi connectivity index (χ2n) is 25.4. The Labute approximate surface area is 588 Å². The molecule has 0 saturated heterocycles. The van der Waals surface area contributed by atoms with Gasteiger partial charge in [0.05, 0.1) is 37.0 Å². The summed E-state index contributed by atoms with van der Waals surface area (Å²) in [5.41, 5.74) is 24.2. The van der Waals surface area contributed by atoms with Gasteiger partial charge < -0.3 is 90.8 Å². The fourth-order valence-corrected chi connectivity index (χ4v) is 10.9. The number of aryl methyl sites for hydroxylation is 1. The van der Waals surface area contributed by atoms with E-state index in [-0.39, 0.29) is 106 Å². The summed E-state index contributed by atoms with van der Waals surface area (Å²) in [6.07, 6.45) is 3.14. The summed E-state index contributed by atoms with van der Waals surface area (Å²) in [5.74, 6) is -9.65. The number of carbonyl (C=O) groups is 12. The number of imidazole rings is 1. The number of halogens is 1. The molecule has 20 N–H and O–H groups in total. The Kier molecular flexibility index (Phi) is 33.7. The molecule has 4 aromatic rings. The van der Waals surface area contributed by atoms with Gasteiger partial charge in [-0.25, -0.2) is 4.98 Å². The molecule has 0 bridgehead atoms. The van der Waals surface area contributed by atoms with Crippen LogP contribution in [0.1, 0.15) is 140 Å². The van der Waals surface area contributed by atoms with Crippen LogP contribution in [-0.2, 0) is 72.6 Å². The molecule has 2 aromatic heterocycles. The number of unbranched alkanes of at least 4 members (excludes halogenated alkanes) is 1. The first-order valence-corrected chi connectivity index (χ1v) is 33.8. The van der Waals surface area contributed by atoms with Crippen LogP contribution in [0.25, 0.3) is 10.9 Å². The molecule has 540 valence electrons. The Bertz CT molecular complexity index is 3540. The van der Waals surface area contributed by atoms with Crippen molar-refractivity contribution in [3.05, 3.63) is 87.1 Å². The van der Waals surface area contributed by atoms with Crippen molar-refractivity contribution >= 4 is 110 Å². The van der Waals surface area contributed by atoms with Gasteiger partial charge in [-0.05, 0) is 122 Å². The number of fused-ring (bicyclic) bond motifs is 1. The Morgan fingerprint density at radius 3 is 1.95 bits per heavy atom. The first-order chi connectivity index (χ1) is 46.8. The fourth-order valence-electron chi connectivity index (χ4n) is 10.5. The normalized spacial score (nSPS) is 13.9. The largest absolute Gasteiger partial charge is 0.390 e. The third-order valence-electron chi connectivity index (χ3n) is 15.8. The van der Waals surface area contributed by atoms with Crippen molar-refractivity contribution in [2.75, 3.05) is 19.6 Å². The number of rotatable bonds is 42. The van der Waals surface area contributed by atoms with Crippen LogP contribution in [0.3, 0.4) is 0 Å². The van der Waals surface area contributed by atoms with Crippen molar-refractivity contribution in [3.63, 3.8) is 0 Å². The summed E-state index contributed by atoms with van der Waals surface area (Å²) in [4.78, 5) is 173. The number of nitrogens with two attached hydrogens (primary N) is 4. The van der Waals surface area contributed by atoms with Crippen molar-refractivity contribution in [2.24, 2.45) is 52.7 Å². The highest BCUT2D eigenvalue weighted by Gasteiger charge is 2.34. The number of aromatic nitrogens is 3. The number of nitrogens with zero attached hydrogens (tertiary/aromatic N) is 4. The number of para-hydroxylation sites is 1. The maximum atomic E-state index is 14.4. The molecule has 9 atom stereocenters. The van der Waals surface area contributed by atoms with Gasteiger partial charge in [0.2, 0.25) is 65.0 Å². The lowest BCUT2D eigenvalue weighted by atomic mass is 9.96. The zero-order valence-electron chi connectivity index (χ0n) is 57.1. The van der Waals surface area contributed by atoms with E-state index in [1.54, 1.807) is 62.0 Å². The van der Waals surface area contributed by atoms with Crippen molar-refractivity contribution < 1.29 is 62.6 Å². The Morgan fingerprint density at radius 1 is 0.667 bits per heavy atom. The molecular weight excluding hydrogens is 1390 g/mol. The van der Waals surface area contributed by atoms with Crippen LogP contribution in [-0.4, -0.2) is 171 Å².